The number of aromatic amines is 1. The molecule has 13 heavy (non-hydrogen) atoms. The Morgan fingerprint density at radius 3 is 3.00 bits per heavy atom. The van der Waals surface area contributed by atoms with Crippen molar-refractivity contribution in [3.63, 3.8) is 0 Å². The molecular weight excluding hydrogens is 164 g/mol. The van der Waals surface area contributed by atoms with Gasteiger partial charge in [0, 0.05) is 24.5 Å². The molecule has 3 N–H and O–H groups in total. The predicted molar refractivity (Wildman–Crippen MR) is 49.7 cm³/mol. The van der Waals surface area contributed by atoms with Crippen LogP contribution in [0, 0.1) is 0 Å². The molecule has 0 amide bonds. The third-order valence-corrected chi connectivity index (χ3v) is 1.83. The lowest BCUT2D eigenvalue weighted by Gasteiger charge is -1.98. The molecule has 4 nitrogen and oxygen atoms in total. The molecule has 2 aromatic rings. The fourth-order valence-corrected chi connectivity index (χ4v) is 1.15. The molecule has 0 saturated carbocycles. The number of H-pyrrole nitrogens is 1. The molecule has 0 saturated heterocycles. The first-order valence-corrected chi connectivity index (χ1v) is 4.04. The summed E-state index contributed by atoms with van der Waals surface area (Å²) in [5.74, 6) is 0. The van der Waals surface area contributed by atoms with Gasteiger partial charge in [0.05, 0.1) is 11.4 Å². The van der Waals surface area contributed by atoms with Gasteiger partial charge in [-0.1, -0.05) is 0 Å². The number of aromatic nitrogens is 3. The first kappa shape index (κ1) is 7.94. The molecule has 66 valence electrons. The van der Waals surface area contributed by atoms with E-state index in [1.165, 1.54) is 6.33 Å². The molecule has 0 spiro atoms. The summed E-state index contributed by atoms with van der Waals surface area (Å²) in [6, 6.07) is 3.85. The Balaban J connectivity index is 2.41. The van der Waals surface area contributed by atoms with Gasteiger partial charge in [-0.3, -0.25) is 0 Å². The van der Waals surface area contributed by atoms with E-state index in [2.05, 4.69) is 15.0 Å². The SMILES string of the molecule is NCc1cc(-c2cc[nH]c2)ncn1. The topological polar surface area (TPSA) is 67.6 Å². The fourth-order valence-electron chi connectivity index (χ4n) is 1.15. The Bertz CT molecular complexity index is 380. The van der Waals surface area contributed by atoms with E-state index in [4.69, 9.17) is 5.73 Å². The number of nitrogens with one attached hydrogen (secondary N) is 1. The van der Waals surface area contributed by atoms with Crippen LogP contribution >= 0.6 is 0 Å². The second kappa shape index (κ2) is 3.37. The second-order valence-corrected chi connectivity index (χ2v) is 2.70. The zero-order chi connectivity index (χ0) is 9.10. The largest absolute Gasteiger partial charge is 0.367 e. The van der Waals surface area contributed by atoms with Crippen molar-refractivity contribution in [2.75, 3.05) is 0 Å². The van der Waals surface area contributed by atoms with Crippen LogP contribution in [0.25, 0.3) is 11.3 Å². The molecule has 0 unspecified atom stereocenters. The summed E-state index contributed by atoms with van der Waals surface area (Å²) in [5, 5.41) is 0. The predicted octanol–water partition coefficient (Wildman–Crippen LogP) is 0.930. The van der Waals surface area contributed by atoms with Crippen molar-refractivity contribution in [1.29, 1.82) is 0 Å². The summed E-state index contributed by atoms with van der Waals surface area (Å²) in [7, 11) is 0. The van der Waals surface area contributed by atoms with Crippen molar-refractivity contribution >= 4 is 0 Å². The van der Waals surface area contributed by atoms with Crippen molar-refractivity contribution in [2.24, 2.45) is 5.73 Å². The van der Waals surface area contributed by atoms with Crippen LogP contribution in [-0.2, 0) is 6.54 Å². The van der Waals surface area contributed by atoms with E-state index in [9.17, 15) is 0 Å². The minimum atomic E-state index is 0.444. The van der Waals surface area contributed by atoms with Crippen LogP contribution in [-0.4, -0.2) is 15.0 Å². The van der Waals surface area contributed by atoms with Crippen molar-refractivity contribution < 1.29 is 0 Å². The Kier molecular flexibility index (Phi) is 2.06. The maximum absolute atomic E-state index is 5.47. The Labute approximate surface area is 75.8 Å². The number of nitrogens with two attached hydrogens (primary N) is 1. The van der Waals surface area contributed by atoms with Crippen LogP contribution in [0.3, 0.4) is 0 Å². The molecule has 0 aliphatic heterocycles. The van der Waals surface area contributed by atoms with Crippen molar-refractivity contribution in [1.82, 2.24) is 15.0 Å². The van der Waals surface area contributed by atoms with Crippen molar-refractivity contribution in [3.8, 4) is 11.3 Å². The van der Waals surface area contributed by atoms with E-state index in [1.54, 1.807) is 0 Å². The average Bonchev–Trinajstić information content (AvgIpc) is 2.71. The quantitative estimate of drug-likeness (QED) is 0.711. The minimum Gasteiger partial charge on any atom is -0.367 e. The standard InChI is InChI=1S/C9H10N4/c10-4-8-3-9(13-6-12-8)7-1-2-11-5-7/h1-3,5-6,11H,4,10H2. The maximum atomic E-state index is 5.47. The second-order valence-electron chi connectivity index (χ2n) is 2.70. The van der Waals surface area contributed by atoms with E-state index >= 15 is 0 Å². The van der Waals surface area contributed by atoms with Gasteiger partial charge < -0.3 is 10.7 Å². The van der Waals surface area contributed by atoms with E-state index in [1.807, 2.05) is 24.5 Å². The van der Waals surface area contributed by atoms with Gasteiger partial charge in [0.2, 0.25) is 0 Å². The van der Waals surface area contributed by atoms with Crippen LogP contribution in [0.4, 0.5) is 0 Å². The zero-order valence-corrected chi connectivity index (χ0v) is 7.07. The lowest BCUT2D eigenvalue weighted by atomic mass is 10.2. The van der Waals surface area contributed by atoms with Gasteiger partial charge in [-0.2, -0.15) is 0 Å². The first-order valence-electron chi connectivity index (χ1n) is 4.04. The molecule has 0 radical (unpaired) electrons. The number of nitrogens with zero attached hydrogens (tertiary/aromatic N) is 2. The molecule has 2 heterocycles. The van der Waals surface area contributed by atoms with Crippen molar-refractivity contribution in [3.05, 3.63) is 36.5 Å². The molecular formula is C9H10N4. The summed E-state index contributed by atoms with van der Waals surface area (Å²) in [6.45, 7) is 0.444. The van der Waals surface area contributed by atoms with Gasteiger partial charge in [-0.15, -0.1) is 0 Å². The fraction of sp³-hybridized carbons (Fsp3) is 0.111. The summed E-state index contributed by atoms with van der Waals surface area (Å²) in [4.78, 5) is 11.1. The zero-order valence-electron chi connectivity index (χ0n) is 7.07. The van der Waals surface area contributed by atoms with Crippen LogP contribution in [0.2, 0.25) is 0 Å². The van der Waals surface area contributed by atoms with E-state index < -0.39 is 0 Å². The lowest BCUT2D eigenvalue weighted by Crippen LogP contribution is -2.00. The molecule has 2 aromatic heterocycles. The van der Waals surface area contributed by atoms with E-state index in [0.717, 1.165) is 17.0 Å². The van der Waals surface area contributed by atoms with Crippen LogP contribution in [0.5, 0.6) is 0 Å². The van der Waals surface area contributed by atoms with Crippen LogP contribution in [0.15, 0.2) is 30.9 Å². The van der Waals surface area contributed by atoms with Gasteiger partial charge in [0.15, 0.2) is 0 Å². The van der Waals surface area contributed by atoms with Gasteiger partial charge in [0.25, 0.3) is 0 Å². The van der Waals surface area contributed by atoms with Gasteiger partial charge in [-0.05, 0) is 12.1 Å². The number of hydrogen-bond donors (Lipinski definition) is 2. The maximum Gasteiger partial charge on any atom is 0.116 e. The highest BCUT2D eigenvalue weighted by atomic mass is 14.9. The van der Waals surface area contributed by atoms with Gasteiger partial charge in [0.1, 0.15) is 6.33 Å². The normalized spacial score (nSPS) is 10.2. The molecule has 0 aromatic carbocycles. The average molecular weight is 174 g/mol. The third kappa shape index (κ3) is 1.57. The van der Waals surface area contributed by atoms with Crippen LogP contribution in [0.1, 0.15) is 5.69 Å². The summed E-state index contributed by atoms with van der Waals surface area (Å²) >= 11 is 0. The summed E-state index contributed by atoms with van der Waals surface area (Å²) in [6.07, 6.45) is 5.28. The molecule has 0 fully saturated rings. The minimum absolute atomic E-state index is 0.444. The van der Waals surface area contributed by atoms with Crippen molar-refractivity contribution in [2.45, 2.75) is 6.54 Å². The Morgan fingerprint density at radius 2 is 2.31 bits per heavy atom. The highest BCUT2D eigenvalue weighted by Crippen LogP contribution is 2.14. The monoisotopic (exact) mass is 174 g/mol. The molecule has 0 aliphatic carbocycles. The van der Waals surface area contributed by atoms with Gasteiger partial charge >= 0.3 is 0 Å². The highest BCUT2D eigenvalue weighted by molar-refractivity contribution is 5.57. The van der Waals surface area contributed by atoms with E-state index in [-0.39, 0.29) is 0 Å². The molecule has 0 aliphatic rings. The Hall–Kier alpha value is -1.68. The van der Waals surface area contributed by atoms with E-state index in [0.29, 0.717) is 6.54 Å². The molecule has 4 heteroatoms. The summed E-state index contributed by atoms with van der Waals surface area (Å²) in [5.41, 5.74) is 8.28. The third-order valence-electron chi connectivity index (χ3n) is 1.83. The number of hydrogen-bond acceptors (Lipinski definition) is 3. The molecule has 2 rings (SSSR count). The Morgan fingerprint density at radius 1 is 1.38 bits per heavy atom. The molecule has 0 bridgehead atoms. The summed E-state index contributed by atoms with van der Waals surface area (Å²) < 4.78 is 0. The smallest absolute Gasteiger partial charge is 0.116 e. The highest BCUT2D eigenvalue weighted by Gasteiger charge is 2.00. The molecule has 0 atom stereocenters. The van der Waals surface area contributed by atoms with Crippen LogP contribution < -0.4 is 5.73 Å². The van der Waals surface area contributed by atoms with Gasteiger partial charge in [-0.25, -0.2) is 9.97 Å². The number of rotatable bonds is 2. The lowest BCUT2D eigenvalue weighted by molar-refractivity contribution is 0.966. The first-order chi connectivity index (χ1) is 6.40.